The summed E-state index contributed by atoms with van der Waals surface area (Å²) in [5.74, 6) is -0.325. The zero-order valence-electron chi connectivity index (χ0n) is 14.5. The van der Waals surface area contributed by atoms with Crippen LogP contribution in [0.3, 0.4) is 0 Å². The van der Waals surface area contributed by atoms with E-state index in [1.165, 1.54) is 18.2 Å². The molecule has 1 aromatic carbocycles. The maximum absolute atomic E-state index is 13.1. The molecule has 2 fully saturated rings. The highest BCUT2D eigenvalue weighted by molar-refractivity contribution is 5.91. The fraction of sp³-hybridized carbons (Fsp3) is 0.474. The van der Waals surface area contributed by atoms with Crippen LogP contribution >= 0.6 is 0 Å². The van der Waals surface area contributed by atoms with Crippen molar-refractivity contribution >= 4 is 17.9 Å². The van der Waals surface area contributed by atoms with Gasteiger partial charge in [0.15, 0.2) is 0 Å². The minimum atomic E-state index is -0.318. The van der Waals surface area contributed by atoms with Crippen LogP contribution in [0.25, 0.3) is 6.08 Å². The van der Waals surface area contributed by atoms with Crippen molar-refractivity contribution in [3.63, 3.8) is 0 Å². The minimum absolute atomic E-state index is 0.0771. The summed E-state index contributed by atoms with van der Waals surface area (Å²) in [6.07, 6.45) is 5.27. The lowest BCUT2D eigenvalue weighted by atomic mass is 10.2. The lowest BCUT2D eigenvalue weighted by Crippen LogP contribution is -2.55. The Morgan fingerprint density at radius 1 is 1.24 bits per heavy atom. The number of halogens is 1. The van der Waals surface area contributed by atoms with Crippen molar-refractivity contribution in [3.05, 3.63) is 41.7 Å². The molecule has 3 rings (SSSR count). The number of carbonyl (C=O) groups is 2. The monoisotopic (exact) mass is 345 g/mol. The van der Waals surface area contributed by atoms with Gasteiger partial charge in [0.05, 0.1) is 6.04 Å². The molecular formula is C19H24FN3O2. The Hall–Kier alpha value is -2.21. The van der Waals surface area contributed by atoms with Crippen molar-refractivity contribution in [2.24, 2.45) is 0 Å². The van der Waals surface area contributed by atoms with Gasteiger partial charge in [-0.3, -0.25) is 14.5 Å². The maximum Gasteiger partial charge on any atom is 0.246 e. The Balaban J connectivity index is 1.47. The highest BCUT2D eigenvalue weighted by Gasteiger charge is 2.30. The standard InChI is InChI=1S/C19H24FN3O2/c1-14(19(25)21-17-6-7-17)22-9-11-23(12-10-22)18(24)8-5-15-3-2-4-16(20)13-15/h2-5,8,13-14,17H,6-7,9-12H2,1H3,(H,21,25)/b8-5+. The van der Waals surface area contributed by atoms with Crippen molar-refractivity contribution in [1.82, 2.24) is 15.1 Å². The van der Waals surface area contributed by atoms with Crippen LogP contribution in [0.2, 0.25) is 0 Å². The fourth-order valence-corrected chi connectivity index (χ4v) is 2.93. The first-order valence-electron chi connectivity index (χ1n) is 8.80. The van der Waals surface area contributed by atoms with Gasteiger partial charge in [-0.2, -0.15) is 0 Å². The van der Waals surface area contributed by atoms with Crippen LogP contribution in [-0.2, 0) is 9.59 Å². The number of amides is 2. The summed E-state index contributed by atoms with van der Waals surface area (Å²) in [6, 6.07) is 6.34. The van der Waals surface area contributed by atoms with Gasteiger partial charge in [0, 0.05) is 38.3 Å². The van der Waals surface area contributed by atoms with Crippen LogP contribution in [-0.4, -0.2) is 59.9 Å². The van der Waals surface area contributed by atoms with Crippen LogP contribution in [0, 0.1) is 5.82 Å². The van der Waals surface area contributed by atoms with Crippen molar-refractivity contribution < 1.29 is 14.0 Å². The van der Waals surface area contributed by atoms with Crippen LogP contribution in [0.15, 0.2) is 30.3 Å². The molecule has 1 saturated heterocycles. The summed E-state index contributed by atoms with van der Waals surface area (Å²) < 4.78 is 13.1. The Morgan fingerprint density at radius 2 is 1.96 bits per heavy atom. The van der Waals surface area contributed by atoms with E-state index in [9.17, 15) is 14.0 Å². The van der Waals surface area contributed by atoms with Crippen LogP contribution < -0.4 is 5.32 Å². The van der Waals surface area contributed by atoms with Gasteiger partial charge < -0.3 is 10.2 Å². The predicted molar refractivity (Wildman–Crippen MR) is 94.2 cm³/mol. The largest absolute Gasteiger partial charge is 0.352 e. The third kappa shape index (κ3) is 4.89. The van der Waals surface area contributed by atoms with E-state index in [1.807, 2.05) is 6.92 Å². The molecule has 0 radical (unpaired) electrons. The highest BCUT2D eigenvalue weighted by atomic mass is 19.1. The van der Waals surface area contributed by atoms with Crippen LogP contribution in [0.1, 0.15) is 25.3 Å². The van der Waals surface area contributed by atoms with Crippen LogP contribution in [0.4, 0.5) is 4.39 Å². The number of hydrogen-bond acceptors (Lipinski definition) is 3. The molecule has 1 aliphatic heterocycles. The van der Waals surface area contributed by atoms with Crippen molar-refractivity contribution in [3.8, 4) is 0 Å². The Labute approximate surface area is 147 Å². The smallest absolute Gasteiger partial charge is 0.246 e. The third-order valence-electron chi connectivity index (χ3n) is 4.74. The lowest BCUT2D eigenvalue weighted by Gasteiger charge is -2.37. The molecule has 6 heteroatoms. The average Bonchev–Trinajstić information content (AvgIpc) is 3.43. The van der Waals surface area contributed by atoms with E-state index in [0.717, 1.165) is 12.8 Å². The van der Waals surface area contributed by atoms with Gasteiger partial charge in [-0.25, -0.2) is 4.39 Å². The van der Waals surface area contributed by atoms with Gasteiger partial charge >= 0.3 is 0 Å². The number of hydrogen-bond donors (Lipinski definition) is 1. The van der Waals surface area contributed by atoms with E-state index in [0.29, 0.717) is 37.8 Å². The summed E-state index contributed by atoms with van der Waals surface area (Å²) in [7, 11) is 0. The summed E-state index contributed by atoms with van der Waals surface area (Å²) in [4.78, 5) is 28.3. The minimum Gasteiger partial charge on any atom is -0.352 e. The first kappa shape index (κ1) is 17.6. The molecule has 2 aliphatic rings. The summed E-state index contributed by atoms with van der Waals surface area (Å²) >= 11 is 0. The highest BCUT2D eigenvalue weighted by Crippen LogP contribution is 2.19. The van der Waals surface area contributed by atoms with Crippen molar-refractivity contribution in [2.45, 2.75) is 31.8 Å². The molecular weight excluding hydrogens is 321 g/mol. The van der Waals surface area contributed by atoms with Gasteiger partial charge in [-0.05, 0) is 43.5 Å². The average molecular weight is 345 g/mol. The molecule has 25 heavy (non-hydrogen) atoms. The molecule has 0 bridgehead atoms. The molecule has 5 nitrogen and oxygen atoms in total. The van der Waals surface area contributed by atoms with Gasteiger partial charge in [-0.15, -0.1) is 0 Å². The van der Waals surface area contributed by atoms with Gasteiger partial charge in [0.1, 0.15) is 5.82 Å². The topological polar surface area (TPSA) is 52.7 Å². The Bertz CT molecular complexity index is 664. The molecule has 1 heterocycles. The normalized spacial score (nSPS) is 19.8. The lowest BCUT2D eigenvalue weighted by molar-refractivity contribution is -0.130. The third-order valence-corrected chi connectivity index (χ3v) is 4.74. The molecule has 1 aliphatic carbocycles. The van der Waals surface area contributed by atoms with Gasteiger partial charge in [0.25, 0.3) is 0 Å². The second-order valence-corrected chi connectivity index (χ2v) is 6.71. The van der Waals surface area contributed by atoms with E-state index >= 15 is 0 Å². The molecule has 1 saturated carbocycles. The molecule has 1 unspecified atom stereocenters. The molecule has 1 atom stereocenters. The molecule has 0 aromatic heterocycles. The molecule has 1 N–H and O–H groups in total. The van der Waals surface area contributed by atoms with Gasteiger partial charge in [-0.1, -0.05) is 12.1 Å². The van der Waals surface area contributed by atoms with Gasteiger partial charge in [0.2, 0.25) is 11.8 Å². The summed E-state index contributed by atoms with van der Waals surface area (Å²) in [5, 5.41) is 3.02. The molecule has 0 spiro atoms. The first-order valence-corrected chi connectivity index (χ1v) is 8.80. The maximum atomic E-state index is 13.1. The second kappa shape index (κ2) is 7.78. The number of piperazine rings is 1. The number of rotatable bonds is 5. The summed E-state index contributed by atoms with van der Waals surface area (Å²) in [5.41, 5.74) is 0.664. The second-order valence-electron chi connectivity index (χ2n) is 6.71. The number of nitrogens with zero attached hydrogens (tertiary/aromatic N) is 2. The van der Waals surface area contributed by atoms with E-state index in [1.54, 1.807) is 23.1 Å². The quantitative estimate of drug-likeness (QED) is 0.826. The zero-order chi connectivity index (χ0) is 17.8. The molecule has 134 valence electrons. The predicted octanol–water partition coefficient (Wildman–Crippen LogP) is 1.65. The van der Waals surface area contributed by atoms with Crippen molar-refractivity contribution in [1.29, 1.82) is 0 Å². The van der Waals surface area contributed by atoms with Crippen molar-refractivity contribution in [2.75, 3.05) is 26.2 Å². The Morgan fingerprint density at radius 3 is 2.60 bits per heavy atom. The number of nitrogens with one attached hydrogen (secondary N) is 1. The molecule has 1 aromatic rings. The van der Waals surface area contributed by atoms with E-state index < -0.39 is 0 Å². The number of benzene rings is 1. The molecule has 2 amide bonds. The fourth-order valence-electron chi connectivity index (χ4n) is 2.93. The zero-order valence-corrected chi connectivity index (χ0v) is 14.5. The Kier molecular flexibility index (Phi) is 5.48. The summed E-state index contributed by atoms with van der Waals surface area (Å²) in [6.45, 7) is 4.46. The first-order chi connectivity index (χ1) is 12.0. The SMILES string of the molecule is CC(C(=O)NC1CC1)N1CCN(C(=O)/C=C/c2cccc(F)c2)CC1. The van der Waals surface area contributed by atoms with E-state index in [2.05, 4.69) is 10.2 Å². The number of carbonyl (C=O) groups excluding carboxylic acids is 2. The van der Waals surface area contributed by atoms with E-state index in [4.69, 9.17) is 0 Å². The van der Waals surface area contributed by atoms with Crippen LogP contribution in [0.5, 0.6) is 0 Å². The van der Waals surface area contributed by atoms with E-state index in [-0.39, 0.29) is 23.7 Å².